The van der Waals surface area contributed by atoms with Gasteiger partial charge in [0, 0.05) is 31.7 Å². The summed E-state index contributed by atoms with van der Waals surface area (Å²) in [7, 11) is 0. The zero-order valence-corrected chi connectivity index (χ0v) is 18.9. The van der Waals surface area contributed by atoms with Crippen LogP contribution in [0.15, 0.2) is 58.1 Å². The van der Waals surface area contributed by atoms with Crippen molar-refractivity contribution < 1.29 is 13.9 Å². The van der Waals surface area contributed by atoms with E-state index in [0.717, 1.165) is 27.9 Å². The zero-order valence-electron chi connectivity index (χ0n) is 18.9. The highest BCUT2D eigenvalue weighted by molar-refractivity contribution is 5.91. The molecular formula is C24H26FN5O4. The van der Waals surface area contributed by atoms with Crippen LogP contribution in [0.5, 0.6) is 0 Å². The van der Waals surface area contributed by atoms with Gasteiger partial charge in [-0.3, -0.25) is 19.1 Å². The van der Waals surface area contributed by atoms with Gasteiger partial charge in [-0.25, -0.2) is 9.18 Å². The van der Waals surface area contributed by atoms with E-state index in [1.165, 1.54) is 18.2 Å². The molecule has 1 amide bonds. The fourth-order valence-electron chi connectivity index (χ4n) is 3.76. The van der Waals surface area contributed by atoms with E-state index in [9.17, 15) is 18.8 Å². The van der Waals surface area contributed by atoms with Crippen LogP contribution in [0, 0.1) is 12.7 Å². The second-order valence-electron chi connectivity index (χ2n) is 8.07. The predicted octanol–water partition coefficient (Wildman–Crippen LogP) is 0.952. The molecule has 178 valence electrons. The number of hydrogen-bond donors (Lipinski definition) is 1. The zero-order chi connectivity index (χ0) is 24.1. The van der Waals surface area contributed by atoms with Gasteiger partial charge in [0.2, 0.25) is 5.69 Å². The third-order valence-electron chi connectivity index (χ3n) is 5.62. The minimum atomic E-state index is -0.874. The third-order valence-corrected chi connectivity index (χ3v) is 5.62. The SMILES string of the molecule is Cc1cccc(-n2nc(C(=O)NCCN3CCOCC3)c(=O)n(Cc3ccccc3F)c2=O)c1. The lowest BCUT2D eigenvalue weighted by atomic mass is 10.2. The van der Waals surface area contributed by atoms with Crippen molar-refractivity contribution in [1.29, 1.82) is 0 Å². The first-order chi connectivity index (χ1) is 16.4. The van der Waals surface area contributed by atoms with Crippen molar-refractivity contribution in [2.75, 3.05) is 39.4 Å². The highest BCUT2D eigenvalue weighted by atomic mass is 19.1. The summed E-state index contributed by atoms with van der Waals surface area (Å²) >= 11 is 0. The van der Waals surface area contributed by atoms with Crippen molar-refractivity contribution in [2.45, 2.75) is 13.5 Å². The molecule has 0 bridgehead atoms. The van der Waals surface area contributed by atoms with Crippen LogP contribution in [0.1, 0.15) is 21.6 Å². The van der Waals surface area contributed by atoms with E-state index in [0.29, 0.717) is 32.0 Å². The van der Waals surface area contributed by atoms with Crippen LogP contribution in [0.25, 0.3) is 5.69 Å². The second-order valence-corrected chi connectivity index (χ2v) is 8.07. The van der Waals surface area contributed by atoms with Crippen LogP contribution in [0.2, 0.25) is 0 Å². The summed E-state index contributed by atoms with van der Waals surface area (Å²) in [5.41, 5.74) is -0.643. The molecule has 34 heavy (non-hydrogen) atoms. The molecule has 10 heteroatoms. The number of morpholine rings is 1. The summed E-state index contributed by atoms with van der Waals surface area (Å²) in [4.78, 5) is 41.4. The molecule has 3 aromatic rings. The van der Waals surface area contributed by atoms with Crippen molar-refractivity contribution in [2.24, 2.45) is 0 Å². The number of nitrogens with one attached hydrogen (secondary N) is 1. The number of carbonyl (C=O) groups is 1. The van der Waals surface area contributed by atoms with Crippen molar-refractivity contribution in [3.63, 3.8) is 0 Å². The Hall–Kier alpha value is -3.63. The lowest BCUT2D eigenvalue weighted by molar-refractivity contribution is 0.0383. The molecular weight excluding hydrogens is 441 g/mol. The fraction of sp³-hybridized carbons (Fsp3) is 0.333. The number of carbonyl (C=O) groups excluding carboxylic acids is 1. The summed E-state index contributed by atoms with van der Waals surface area (Å²) in [6.07, 6.45) is 0. The van der Waals surface area contributed by atoms with Crippen LogP contribution in [0.4, 0.5) is 4.39 Å². The number of hydrogen-bond acceptors (Lipinski definition) is 6. The van der Waals surface area contributed by atoms with Gasteiger partial charge < -0.3 is 10.1 Å². The molecule has 0 unspecified atom stereocenters. The number of halogens is 1. The van der Waals surface area contributed by atoms with Gasteiger partial charge in [-0.1, -0.05) is 30.3 Å². The lowest BCUT2D eigenvalue weighted by Crippen LogP contribution is -2.47. The minimum Gasteiger partial charge on any atom is -0.379 e. The number of ether oxygens (including phenoxy) is 1. The summed E-state index contributed by atoms with van der Waals surface area (Å²) < 4.78 is 21.4. The second kappa shape index (κ2) is 10.5. The van der Waals surface area contributed by atoms with Crippen molar-refractivity contribution in [3.05, 3.63) is 92.0 Å². The van der Waals surface area contributed by atoms with Crippen LogP contribution < -0.4 is 16.6 Å². The number of benzene rings is 2. The number of rotatable bonds is 7. The van der Waals surface area contributed by atoms with Gasteiger partial charge in [-0.15, -0.1) is 0 Å². The molecule has 0 aliphatic carbocycles. The molecule has 1 N–H and O–H groups in total. The van der Waals surface area contributed by atoms with Gasteiger partial charge in [0.15, 0.2) is 0 Å². The maximum atomic E-state index is 14.3. The molecule has 9 nitrogen and oxygen atoms in total. The molecule has 1 aromatic heterocycles. The van der Waals surface area contributed by atoms with Crippen molar-refractivity contribution >= 4 is 5.91 Å². The Morgan fingerprint density at radius 1 is 1.12 bits per heavy atom. The molecule has 0 atom stereocenters. The van der Waals surface area contributed by atoms with E-state index in [2.05, 4.69) is 15.3 Å². The predicted molar refractivity (Wildman–Crippen MR) is 124 cm³/mol. The van der Waals surface area contributed by atoms with Gasteiger partial charge >= 0.3 is 5.69 Å². The Labute approximate surface area is 195 Å². The van der Waals surface area contributed by atoms with E-state index < -0.39 is 28.7 Å². The van der Waals surface area contributed by atoms with E-state index in [1.807, 2.05) is 13.0 Å². The summed E-state index contributed by atoms with van der Waals surface area (Å²) in [5.74, 6) is -1.24. The molecule has 2 aromatic carbocycles. The Balaban J connectivity index is 1.69. The Morgan fingerprint density at radius 3 is 2.62 bits per heavy atom. The monoisotopic (exact) mass is 467 g/mol. The topological polar surface area (TPSA) is 98.5 Å². The van der Waals surface area contributed by atoms with Crippen LogP contribution in [-0.4, -0.2) is 64.5 Å². The molecule has 0 radical (unpaired) electrons. The van der Waals surface area contributed by atoms with Gasteiger partial charge in [0.25, 0.3) is 11.5 Å². The molecule has 0 saturated carbocycles. The van der Waals surface area contributed by atoms with E-state index in [-0.39, 0.29) is 12.1 Å². The molecule has 1 aliphatic heterocycles. The molecule has 2 heterocycles. The average Bonchev–Trinajstić information content (AvgIpc) is 2.83. The third kappa shape index (κ3) is 5.29. The first kappa shape index (κ1) is 23.5. The van der Waals surface area contributed by atoms with Gasteiger partial charge in [-0.05, 0) is 30.7 Å². The largest absolute Gasteiger partial charge is 0.379 e. The van der Waals surface area contributed by atoms with E-state index >= 15 is 0 Å². The fourth-order valence-corrected chi connectivity index (χ4v) is 3.76. The van der Waals surface area contributed by atoms with Crippen molar-refractivity contribution in [1.82, 2.24) is 24.6 Å². The molecule has 1 fully saturated rings. The highest BCUT2D eigenvalue weighted by Gasteiger charge is 2.21. The Bertz CT molecular complexity index is 1300. The normalized spacial score (nSPS) is 14.2. The summed E-state index contributed by atoms with van der Waals surface area (Å²) in [5, 5.41) is 6.82. The van der Waals surface area contributed by atoms with Gasteiger partial charge in [-0.2, -0.15) is 9.78 Å². The first-order valence-electron chi connectivity index (χ1n) is 11.1. The minimum absolute atomic E-state index is 0.155. The lowest BCUT2D eigenvalue weighted by Gasteiger charge is -2.26. The number of aromatic nitrogens is 3. The number of nitrogens with zero attached hydrogens (tertiary/aromatic N) is 4. The van der Waals surface area contributed by atoms with Crippen LogP contribution in [-0.2, 0) is 11.3 Å². The van der Waals surface area contributed by atoms with Crippen LogP contribution in [0.3, 0.4) is 0 Å². The van der Waals surface area contributed by atoms with Crippen LogP contribution >= 0.6 is 0 Å². The van der Waals surface area contributed by atoms with E-state index in [4.69, 9.17) is 4.74 Å². The summed E-state index contributed by atoms with van der Waals surface area (Å²) in [6.45, 7) is 5.22. The number of amides is 1. The van der Waals surface area contributed by atoms with Gasteiger partial charge in [0.05, 0.1) is 25.4 Å². The highest BCUT2D eigenvalue weighted by Crippen LogP contribution is 2.09. The standard InChI is InChI=1S/C24H26FN5O4/c1-17-5-4-7-19(15-17)30-24(33)29(16-18-6-2-3-8-20(18)25)23(32)21(27-30)22(31)26-9-10-28-11-13-34-14-12-28/h2-8,15H,9-14,16H2,1H3,(H,26,31). The summed E-state index contributed by atoms with van der Waals surface area (Å²) in [6, 6.07) is 12.8. The maximum absolute atomic E-state index is 14.3. The molecule has 4 rings (SSSR count). The first-order valence-corrected chi connectivity index (χ1v) is 11.1. The molecule has 1 saturated heterocycles. The smallest absolute Gasteiger partial charge is 0.352 e. The van der Waals surface area contributed by atoms with Crippen molar-refractivity contribution in [3.8, 4) is 5.69 Å². The Kier molecular flexibility index (Phi) is 7.29. The molecule has 0 spiro atoms. The molecule has 1 aliphatic rings. The number of aryl methyl sites for hydroxylation is 1. The van der Waals surface area contributed by atoms with E-state index in [1.54, 1.807) is 24.3 Å². The van der Waals surface area contributed by atoms with Gasteiger partial charge in [0.1, 0.15) is 5.82 Å². The Morgan fingerprint density at radius 2 is 1.88 bits per heavy atom. The average molecular weight is 468 g/mol. The maximum Gasteiger partial charge on any atom is 0.352 e. The quantitative estimate of drug-likeness (QED) is 0.556.